The van der Waals surface area contributed by atoms with E-state index in [1.54, 1.807) is 54.6 Å². The van der Waals surface area contributed by atoms with Crippen LogP contribution in [-0.2, 0) is 4.79 Å². The van der Waals surface area contributed by atoms with Crippen molar-refractivity contribution in [1.29, 1.82) is 5.26 Å². The molecule has 0 saturated carbocycles. The van der Waals surface area contributed by atoms with Gasteiger partial charge < -0.3 is 5.32 Å². The maximum atomic E-state index is 13.4. The van der Waals surface area contributed by atoms with E-state index >= 15 is 0 Å². The van der Waals surface area contributed by atoms with Crippen molar-refractivity contribution in [3.05, 3.63) is 120 Å². The number of aryl methyl sites for hydroxylation is 1. The molecule has 4 rings (SSSR count). The molecular formula is C26H18N4O4S. The monoisotopic (exact) mass is 482 g/mol. The zero-order valence-corrected chi connectivity index (χ0v) is 19.3. The van der Waals surface area contributed by atoms with Gasteiger partial charge in [0.2, 0.25) is 0 Å². The van der Waals surface area contributed by atoms with Gasteiger partial charge in [0.05, 0.1) is 15.1 Å². The normalized spacial score (nSPS) is 12.1. The van der Waals surface area contributed by atoms with Crippen molar-refractivity contribution in [2.24, 2.45) is 0 Å². The Balaban J connectivity index is 1.92. The molecular weight excluding hydrogens is 464 g/mol. The SMILES string of the molecule is Cc1cccc(NC(=O)C(C#N)=c2sc(=Cc3ccc([N+](=O)[O-])cc3)c(=O)n2-c2ccccc2)c1. The van der Waals surface area contributed by atoms with Gasteiger partial charge >= 0.3 is 0 Å². The lowest BCUT2D eigenvalue weighted by molar-refractivity contribution is -0.384. The summed E-state index contributed by atoms with van der Waals surface area (Å²) >= 11 is 1.00. The number of nitrogens with one attached hydrogen (secondary N) is 1. The van der Waals surface area contributed by atoms with Gasteiger partial charge in [-0.3, -0.25) is 24.3 Å². The summed E-state index contributed by atoms with van der Waals surface area (Å²) in [6, 6.07) is 23.6. The Morgan fingerprint density at radius 2 is 1.80 bits per heavy atom. The molecule has 8 nitrogen and oxygen atoms in total. The Labute approximate surface area is 203 Å². The molecule has 0 spiro atoms. The number of nitriles is 1. The molecule has 172 valence electrons. The molecule has 0 aliphatic rings. The summed E-state index contributed by atoms with van der Waals surface area (Å²) in [6.07, 6.45) is 1.58. The second-order valence-electron chi connectivity index (χ2n) is 7.55. The van der Waals surface area contributed by atoms with Crippen LogP contribution in [0.5, 0.6) is 0 Å². The van der Waals surface area contributed by atoms with Crippen molar-refractivity contribution in [3.8, 4) is 11.8 Å². The first-order chi connectivity index (χ1) is 16.9. The van der Waals surface area contributed by atoms with Crippen molar-refractivity contribution in [2.45, 2.75) is 6.92 Å². The Morgan fingerprint density at radius 3 is 2.43 bits per heavy atom. The first kappa shape index (κ1) is 23.4. The number of nitrogens with zero attached hydrogens (tertiary/aromatic N) is 3. The molecule has 1 aromatic heterocycles. The van der Waals surface area contributed by atoms with Crippen molar-refractivity contribution in [1.82, 2.24) is 4.57 Å². The molecule has 9 heteroatoms. The lowest BCUT2D eigenvalue weighted by Crippen LogP contribution is -2.32. The quantitative estimate of drug-likeness (QED) is 0.346. The summed E-state index contributed by atoms with van der Waals surface area (Å²) in [7, 11) is 0. The van der Waals surface area contributed by atoms with E-state index in [0.29, 0.717) is 16.9 Å². The van der Waals surface area contributed by atoms with Crippen molar-refractivity contribution < 1.29 is 9.72 Å². The highest BCUT2D eigenvalue weighted by atomic mass is 32.1. The van der Waals surface area contributed by atoms with Gasteiger partial charge in [0.1, 0.15) is 10.7 Å². The highest BCUT2D eigenvalue weighted by Crippen LogP contribution is 2.13. The second-order valence-corrected chi connectivity index (χ2v) is 8.58. The number of nitro groups is 1. The Hall–Kier alpha value is -4.81. The minimum atomic E-state index is -0.633. The fraction of sp³-hybridized carbons (Fsp3) is 0.0385. The summed E-state index contributed by atoms with van der Waals surface area (Å²) in [6.45, 7) is 1.89. The molecule has 0 aliphatic carbocycles. The van der Waals surface area contributed by atoms with E-state index in [0.717, 1.165) is 16.9 Å². The largest absolute Gasteiger partial charge is 0.321 e. The molecule has 35 heavy (non-hydrogen) atoms. The standard InChI is InChI=1S/C26H18N4O4S/c1-17-6-5-7-19(14-17)28-24(31)22(16-27)26-29(20-8-3-2-4-9-20)25(32)23(35-26)15-18-10-12-21(13-11-18)30(33)34/h2-15H,1H3,(H,28,31). The van der Waals surface area contributed by atoms with E-state index in [1.807, 2.05) is 19.1 Å². The average molecular weight is 483 g/mol. The Bertz CT molecular complexity index is 1650. The van der Waals surface area contributed by atoms with E-state index in [4.69, 9.17) is 0 Å². The maximum Gasteiger partial charge on any atom is 0.273 e. The Morgan fingerprint density at radius 1 is 1.09 bits per heavy atom. The summed E-state index contributed by atoms with van der Waals surface area (Å²) < 4.78 is 1.78. The summed E-state index contributed by atoms with van der Waals surface area (Å²) in [5.74, 6) is -0.633. The van der Waals surface area contributed by atoms with Gasteiger partial charge in [-0.15, -0.1) is 11.3 Å². The van der Waals surface area contributed by atoms with Crippen LogP contribution in [0.3, 0.4) is 0 Å². The number of hydrogen-bond donors (Lipinski definition) is 1. The number of rotatable bonds is 5. The number of amides is 1. The topological polar surface area (TPSA) is 118 Å². The number of thiazole rings is 1. The molecule has 0 atom stereocenters. The van der Waals surface area contributed by atoms with Crippen LogP contribution < -0.4 is 20.1 Å². The summed E-state index contributed by atoms with van der Waals surface area (Å²) in [4.78, 5) is 36.9. The third-order valence-corrected chi connectivity index (χ3v) is 6.16. The smallest absolute Gasteiger partial charge is 0.273 e. The number of para-hydroxylation sites is 1. The van der Waals surface area contributed by atoms with Crippen LogP contribution in [0.15, 0.2) is 83.7 Å². The molecule has 3 aromatic carbocycles. The number of non-ortho nitro benzene ring substituents is 1. The summed E-state index contributed by atoms with van der Waals surface area (Å²) in [5.41, 5.74) is 1.87. The van der Waals surface area contributed by atoms with E-state index in [9.17, 15) is 25.0 Å². The summed E-state index contributed by atoms with van der Waals surface area (Å²) in [5, 5.41) is 23.5. The first-order valence-electron chi connectivity index (χ1n) is 10.4. The van der Waals surface area contributed by atoms with Crippen LogP contribution in [0, 0.1) is 28.4 Å². The predicted octanol–water partition coefficient (Wildman–Crippen LogP) is 3.26. The maximum absolute atomic E-state index is 13.4. The van der Waals surface area contributed by atoms with E-state index in [-0.39, 0.29) is 20.5 Å². The molecule has 0 radical (unpaired) electrons. The van der Waals surface area contributed by atoms with Gasteiger partial charge in [0, 0.05) is 17.8 Å². The zero-order valence-electron chi connectivity index (χ0n) is 18.5. The number of anilines is 1. The highest BCUT2D eigenvalue weighted by Gasteiger charge is 2.17. The molecule has 4 aromatic rings. The van der Waals surface area contributed by atoms with Gasteiger partial charge in [-0.2, -0.15) is 5.26 Å². The molecule has 1 amide bonds. The molecule has 0 bridgehead atoms. The third-order valence-electron chi connectivity index (χ3n) is 5.07. The number of aromatic nitrogens is 1. The number of nitro benzene ring substituents is 1. The number of carbonyl (C=O) groups excluding carboxylic acids is 1. The van der Waals surface area contributed by atoms with Crippen LogP contribution in [0.4, 0.5) is 11.4 Å². The van der Waals surface area contributed by atoms with Crippen LogP contribution in [0.25, 0.3) is 17.3 Å². The number of carbonyl (C=O) groups is 1. The van der Waals surface area contributed by atoms with Crippen LogP contribution in [0.2, 0.25) is 0 Å². The van der Waals surface area contributed by atoms with Crippen LogP contribution >= 0.6 is 11.3 Å². The van der Waals surface area contributed by atoms with Crippen LogP contribution in [0.1, 0.15) is 11.1 Å². The number of hydrogen-bond acceptors (Lipinski definition) is 6. The fourth-order valence-electron chi connectivity index (χ4n) is 3.42. The highest BCUT2D eigenvalue weighted by molar-refractivity contribution is 7.07. The first-order valence-corrected chi connectivity index (χ1v) is 11.2. The second kappa shape index (κ2) is 9.99. The van der Waals surface area contributed by atoms with Gasteiger partial charge in [-0.05, 0) is 60.5 Å². The minimum absolute atomic E-state index is 0.0661. The third kappa shape index (κ3) is 5.08. The van der Waals surface area contributed by atoms with Crippen LogP contribution in [-0.4, -0.2) is 15.4 Å². The fourth-order valence-corrected chi connectivity index (χ4v) is 4.52. The van der Waals surface area contributed by atoms with E-state index in [1.165, 1.54) is 28.8 Å². The molecule has 0 unspecified atom stereocenters. The van der Waals surface area contributed by atoms with Crippen molar-refractivity contribution in [3.63, 3.8) is 0 Å². The van der Waals surface area contributed by atoms with E-state index in [2.05, 4.69) is 5.32 Å². The van der Waals surface area contributed by atoms with Crippen molar-refractivity contribution >= 4 is 40.3 Å². The average Bonchev–Trinajstić information content (AvgIpc) is 3.15. The zero-order chi connectivity index (χ0) is 24.9. The van der Waals surface area contributed by atoms with E-state index < -0.39 is 16.4 Å². The van der Waals surface area contributed by atoms with Crippen molar-refractivity contribution in [2.75, 3.05) is 5.32 Å². The lowest BCUT2D eigenvalue weighted by Gasteiger charge is -2.06. The molecule has 0 aliphatic heterocycles. The van der Waals surface area contributed by atoms with Gasteiger partial charge in [-0.1, -0.05) is 30.3 Å². The van der Waals surface area contributed by atoms with Gasteiger partial charge in [0.15, 0.2) is 5.57 Å². The molecule has 0 fully saturated rings. The lowest BCUT2D eigenvalue weighted by atomic mass is 10.2. The van der Waals surface area contributed by atoms with Gasteiger partial charge in [-0.25, -0.2) is 0 Å². The minimum Gasteiger partial charge on any atom is -0.321 e. The predicted molar refractivity (Wildman–Crippen MR) is 135 cm³/mol. The molecule has 0 saturated heterocycles. The molecule has 1 heterocycles. The van der Waals surface area contributed by atoms with Gasteiger partial charge in [0.25, 0.3) is 17.2 Å². The number of benzene rings is 3. The Kier molecular flexibility index (Phi) is 6.66. The molecule has 1 N–H and O–H groups in total.